The van der Waals surface area contributed by atoms with Gasteiger partial charge in [0.05, 0.1) is 18.8 Å². The van der Waals surface area contributed by atoms with Gasteiger partial charge in [-0.15, -0.1) is 0 Å². The van der Waals surface area contributed by atoms with Crippen LogP contribution in [0.25, 0.3) is 0 Å². The van der Waals surface area contributed by atoms with E-state index in [0.29, 0.717) is 12.8 Å². The second-order valence-corrected chi connectivity index (χ2v) is 5.95. The topological polar surface area (TPSA) is 102 Å². The van der Waals surface area contributed by atoms with Crippen molar-refractivity contribution >= 4 is 7.75 Å². The number of aliphatic hydroxyl groups is 1. The van der Waals surface area contributed by atoms with E-state index in [0.717, 1.165) is 5.56 Å². The summed E-state index contributed by atoms with van der Waals surface area (Å²) < 4.78 is 21.6. The van der Waals surface area contributed by atoms with E-state index < -0.39 is 20.0 Å². The van der Waals surface area contributed by atoms with E-state index in [1.165, 1.54) is 0 Å². The highest BCUT2D eigenvalue weighted by Crippen LogP contribution is 2.39. The van der Waals surface area contributed by atoms with Crippen LogP contribution in [0.3, 0.4) is 0 Å². The molecular formula is C12H18NO5P. The SMILES string of the molecule is NP(=O)(O)O[C@H]1C[C@H](Cc2ccccc2)O[C@@H]1CO. The zero-order valence-electron chi connectivity index (χ0n) is 10.4. The molecular weight excluding hydrogens is 269 g/mol. The number of hydrogen-bond donors (Lipinski definition) is 3. The number of nitrogens with two attached hydrogens (primary N) is 1. The van der Waals surface area contributed by atoms with Gasteiger partial charge in [-0.1, -0.05) is 30.3 Å². The molecule has 6 nitrogen and oxygen atoms in total. The minimum absolute atomic E-state index is 0.156. The molecule has 1 aromatic rings. The zero-order valence-corrected chi connectivity index (χ0v) is 11.3. The molecule has 1 aliphatic rings. The van der Waals surface area contributed by atoms with Crippen LogP contribution in [0.1, 0.15) is 12.0 Å². The molecule has 0 radical (unpaired) electrons. The monoisotopic (exact) mass is 287 g/mol. The van der Waals surface area contributed by atoms with Crippen LogP contribution in [-0.4, -0.2) is 34.9 Å². The van der Waals surface area contributed by atoms with Crippen molar-refractivity contribution in [3.05, 3.63) is 35.9 Å². The summed E-state index contributed by atoms with van der Waals surface area (Å²) in [5.74, 6) is 0. The standard InChI is InChI=1S/C12H18NO5P/c13-19(15,16)18-11-7-10(17-12(11)8-14)6-9-4-2-1-3-5-9/h1-5,10-12,14H,6-8H2,(H3,13,15,16)/t10-,11-,12+/m0/s1. The molecule has 19 heavy (non-hydrogen) atoms. The van der Waals surface area contributed by atoms with Crippen LogP contribution in [0.15, 0.2) is 30.3 Å². The Labute approximate surface area is 111 Å². The second kappa shape index (κ2) is 6.13. The normalized spacial score (nSPS) is 30.2. The molecule has 0 spiro atoms. The van der Waals surface area contributed by atoms with Gasteiger partial charge in [-0.25, -0.2) is 10.1 Å². The molecule has 1 saturated heterocycles. The van der Waals surface area contributed by atoms with Gasteiger partial charge in [-0.3, -0.25) is 4.52 Å². The molecule has 1 aromatic carbocycles. The molecule has 7 heteroatoms. The van der Waals surface area contributed by atoms with Crippen molar-refractivity contribution < 1.29 is 23.8 Å². The Morgan fingerprint density at radius 3 is 2.68 bits per heavy atom. The smallest absolute Gasteiger partial charge is 0.394 e. The Balaban J connectivity index is 1.97. The van der Waals surface area contributed by atoms with Crippen LogP contribution in [-0.2, 0) is 20.2 Å². The van der Waals surface area contributed by atoms with E-state index in [1.54, 1.807) is 0 Å². The fourth-order valence-corrected chi connectivity index (χ4v) is 2.89. The highest BCUT2D eigenvalue weighted by molar-refractivity contribution is 7.50. The van der Waals surface area contributed by atoms with Gasteiger partial charge in [-0.05, 0) is 12.0 Å². The maximum absolute atomic E-state index is 11.1. The molecule has 1 aliphatic heterocycles. The molecule has 0 saturated carbocycles. The van der Waals surface area contributed by atoms with Gasteiger partial charge in [0.1, 0.15) is 6.10 Å². The summed E-state index contributed by atoms with van der Waals surface area (Å²) in [6.07, 6.45) is -0.326. The van der Waals surface area contributed by atoms with Gasteiger partial charge in [0.15, 0.2) is 0 Å². The lowest BCUT2D eigenvalue weighted by Crippen LogP contribution is -2.27. The summed E-state index contributed by atoms with van der Waals surface area (Å²) >= 11 is 0. The average Bonchev–Trinajstić information content (AvgIpc) is 2.70. The fraction of sp³-hybridized carbons (Fsp3) is 0.500. The Hall–Kier alpha value is -0.750. The first-order valence-corrected chi connectivity index (χ1v) is 7.72. The Bertz CT molecular complexity index is 449. The van der Waals surface area contributed by atoms with Crippen molar-refractivity contribution in [2.45, 2.75) is 31.2 Å². The molecule has 1 fully saturated rings. The number of rotatable bonds is 5. The molecule has 2 rings (SSSR count). The minimum Gasteiger partial charge on any atom is -0.394 e. The number of aliphatic hydroxyl groups excluding tert-OH is 1. The van der Waals surface area contributed by atoms with Gasteiger partial charge in [0.25, 0.3) is 0 Å². The summed E-state index contributed by atoms with van der Waals surface area (Å²) in [5.41, 5.74) is 6.08. The first-order valence-electron chi connectivity index (χ1n) is 6.08. The Morgan fingerprint density at radius 2 is 2.11 bits per heavy atom. The molecule has 0 bridgehead atoms. The van der Waals surface area contributed by atoms with Gasteiger partial charge in [0.2, 0.25) is 0 Å². The van der Waals surface area contributed by atoms with E-state index in [-0.39, 0.29) is 12.7 Å². The van der Waals surface area contributed by atoms with E-state index in [2.05, 4.69) is 0 Å². The Morgan fingerprint density at radius 1 is 1.42 bits per heavy atom. The lowest BCUT2D eigenvalue weighted by atomic mass is 10.0. The summed E-state index contributed by atoms with van der Waals surface area (Å²) in [7, 11) is -4.07. The van der Waals surface area contributed by atoms with Gasteiger partial charge >= 0.3 is 7.75 Å². The third kappa shape index (κ3) is 4.38. The predicted molar refractivity (Wildman–Crippen MR) is 69.4 cm³/mol. The van der Waals surface area contributed by atoms with Gasteiger partial charge in [-0.2, -0.15) is 0 Å². The summed E-state index contributed by atoms with van der Waals surface area (Å²) in [4.78, 5) is 9.04. The molecule has 1 heterocycles. The summed E-state index contributed by atoms with van der Waals surface area (Å²) in [5, 5.41) is 9.20. The molecule has 1 unspecified atom stereocenters. The zero-order chi connectivity index (χ0) is 13.9. The van der Waals surface area contributed by atoms with E-state index >= 15 is 0 Å². The second-order valence-electron chi connectivity index (χ2n) is 4.61. The van der Waals surface area contributed by atoms with E-state index in [1.807, 2.05) is 30.3 Å². The minimum atomic E-state index is -4.07. The largest absolute Gasteiger partial charge is 0.400 e. The maximum atomic E-state index is 11.1. The van der Waals surface area contributed by atoms with Crippen molar-refractivity contribution in [3.8, 4) is 0 Å². The molecule has 0 aliphatic carbocycles. The Kier molecular flexibility index (Phi) is 4.73. The quantitative estimate of drug-likeness (QED) is 0.693. The predicted octanol–water partition coefficient (Wildman–Crippen LogP) is 0.823. The van der Waals surface area contributed by atoms with Crippen molar-refractivity contribution in [1.82, 2.24) is 0 Å². The lowest BCUT2D eigenvalue weighted by Gasteiger charge is -2.17. The highest BCUT2D eigenvalue weighted by Gasteiger charge is 2.38. The van der Waals surface area contributed by atoms with Crippen LogP contribution in [0, 0.1) is 0 Å². The molecule has 4 N–H and O–H groups in total. The van der Waals surface area contributed by atoms with Crippen molar-refractivity contribution in [3.63, 3.8) is 0 Å². The van der Waals surface area contributed by atoms with Crippen LogP contribution in [0.4, 0.5) is 0 Å². The van der Waals surface area contributed by atoms with Gasteiger partial charge < -0.3 is 14.7 Å². The first kappa shape index (κ1) is 14.7. The maximum Gasteiger partial charge on any atom is 0.400 e. The first-order chi connectivity index (χ1) is 8.98. The van der Waals surface area contributed by atoms with E-state index in [9.17, 15) is 9.67 Å². The summed E-state index contributed by atoms with van der Waals surface area (Å²) in [6.45, 7) is -0.268. The van der Waals surface area contributed by atoms with Crippen molar-refractivity contribution in [2.75, 3.05) is 6.61 Å². The average molecular weight is 287 g/mol. The highest BCUT2D eigenvalue weighted by atomic mass is 31.2. The summed E-state index contributed by atoms with van der Waals surface area (Å²) in [6, 6.07) is 9.75. The van der Waals surface area contributed by atoms with Crippen LogP contribution >= 0.6 is 7.75 Å². The van der Waals surface area contributed by atoms with Crippen LogP contribution in [0.5, 0.6) is 0 Å². The number of benzene rings is 1. The molecule has 0 aromatic heterocycles. The van der Waals surface area contributed by atoms with Crippen LogP contribution in [0.2, 0.25) is 0 Å². The fourth-order valence-electron chi connectivity index (χ4n) is 2.28. The molecule has 0 amide bonds. The molecule has 106 valence electrons. The lowest BCUT2D eigenvalue weighted by molar-refractivity contribution is -0.0175. The molecule has 4 atom stereocenters. The van der Waals surface area contributed by atoms with Crippen molar-refractivity contribution in [1.29, 1.82) is 0 Å². The van der Waals surface area contributed by atoms with Crippen molar-refractivity contribution in [2.24, 2.45) is 5.50 Å². The number of hydrogen-bond acceptors (Lipinski definition) is 4. The van der Waals surface area contributed by atoms with Gasteiger partial charge in [0, 0.05) is 6.42 Å². The van der Waals surface area contributed by atoms with E-state index in [4.69, 9.17) is 19.7 Å². The van der Waals surface area contributed by atoms with Crippen LogP contribution < -0.4 is 5.50 Å². The third-order valence-electron chi connectivity index (χ3n) is 3.05. The number of ether oxygens (including phenoxy) is 1. The third-order valence-corrected chi connectivity index (χ3v) is 3.62.